The van der Waals surface area contributed by atoms with Crippen LogP contribution in [-0.2, 0) is 14.8 Å². The summed E-state index contributed by atoms with van der Waals surface area (Å²) in [5.41, 5.74) is 2.56. The molecule has 0 aliphatic carbocycles. The highest BCUT2D eigenvalue weighted by Crippen LogP contribution is 2.24. The minimum atomic E-state index is -3.42. The Balaban J connectivity index is 1.94. The number of benzene rings is 2. The van der Waals surface area contributed by atoms with Crippen molar-refractivity contribution in [3.05, 3.63) is 59.7 Å². The summed E-state index contributed by atoms with van der Waals surface area (Å²) in [5.74, 6) is 0.591. The Bertz CT molecular complexity index is 895. The van der Waals surface area contributed by atoms with Gasteiger partial charge in [-0.05, 0) is 38.5 Å². The zero-order valence-electron chi connectivity index (χ0n) is 16.8. The maximum Gasteiger partial charge on any atom is 0.232 e. The van der Waals surface area contributed by atoms with Crippen molar-refractivity contribution in [2.24, 2.45) is 0 Å². The first kappa shape index (κ1) is 21.8. The molecule has 2 aromatic carbocycles. The van der Waals surface area contributed by atoms with Crippen molar-refractivity contribution in [1.82, 2.24) is 5.32 Å². The summed E-state index contributed by atoms with van der Waals surface area (Å²) < 4.78 is 30.9. The Morgan fingerprint density at radius 2 is 1.79 bits per heavy atom. The fourth-order valence-electron chi connectivity index (χ4n) is 3.00. The fraction of sp³-hybridized carbons (Fsp3) is 0.381. The lowest BCUT2D eigenvalue weighted by Crippen LogP contribution is -2.32. The maximum atomic E-state index is 12.3. The van der Waals surface area contributed by atoms with Crippen LogP contribution in [0.1, 0.15) is 36.9 Å². The third-order valence-electron chi connectivity index (χ3n) is 4.47. The number of amides is 1. The molecule has 0 spiro atoms. The number of hydrogen-bond acceptors (Lipinski definition) is 4. The molecule has 2 rings (SSSR count). The van der Waals surface area contributed by atoms with E-state index in [-0.39, 0.29) is 24.9 Å². The largest absolute Gasteiger partial charge is 0.496 e. The van der Waals surface area contributed by atoms with Crippen molar-refractivity contribution in [2.75, 3.05) is 24.2 Å². The average Bonchev–Trinajstić information content (AvgIpc) is 2.65. The van der Waals surface area contributed by atoms with Crippen LogP contribution in [0, 0.1) is 6.92 Å². The Hall–Kier alpha value is -2.54. The number of nitrogens with zero attached hydrogens (tertiary/aromatic N) is 1. The quantitative estimate of drug-likeness (QED) is 0.695. The van der Waals surface area contributed by atoms with Gasteiger partial charge in [0.2, 0.25) is 15.9 Å². The zero-order valence-corrected chi connectivity index (χ0v) is 17.6. The molecule has 1 N–H and O–H groups in total. The second-order valence-electron chi connectivity index (χ2n) is 6.81. The van der Waals surface area contributed by atoms with Crippen LogP contribution in [0.15, 0.2) is 48.5 Å². The number of nitrogens with one attached hydrogen (secondary N) is 1. The van der Waals surface area contributed by atoms with Gasteiger partial charge in [-0.15, -0.1) is 0 Å². The molecule has 0 aliphatic heterocycles. The minimum Gasteiger partial charge on any atom is -0.496 e. The van der Waals surface area contributed by atoms with Gasteiger partial charge in [0.05, 0.1) is 25.1 Å². The number of ether oxygens (including phenoxy) is 1. The van der Waals surface area contributed by atoms with Crippen molar-refractivity contribution in [3.63, 3.8) is 0 Å². The second kappa shape index (κ2) is 9.59. The molecule has 1 amide bonds. The number of methoxy groups -OCH3 is 1. The summed E-state index contributed by atoms with van der Waals surface area (Å²) in [7, 11) is -1.82. The van der Waals surface area contributed by atoms with Gasteiger partial charge >= 0.3 is 0 Å². The van der Waals surface area contributed by atoms with E-state index in [1.54, 1.807) is 19.2 Å². The Labute approximate surface area is 167 Å². The molecule has 152 valence electrons. The summed E-state index contributed by atoms with van der Waals surface area (Å²) in [5, 5.41) is 2.94. The molecule has 0 radical (unpaired) electrons. The number of para-hydroxylation sites is 1. The summed E-state index contributed by atoms with van der Waals surface area (Å²) in [4.78, 5) is 12.3. The lowest BCUT2D eigenvalue weighted by Gasteiger charge is -2.23. The fourth-order valence-corrected chi connectivity index (χ4v) is 3.96. The van der Waals surface area contributed by atoms with Gasteiger partial charge in [0, 0.05) is 18.5 Å². The van der Waals surface area contributed by atoms with E-state index in [1.807, 2.05) is 50.2 Å². The Morgan fingerprint density at radius 1 is 1.14 bits per heavy atom. The van der Waals surface area contributed by atoms with Crippen LogP contribution in [0.2, 0.25) is 0 Å². The molecule has 0 heterocycles. The first-order valence-electron chi connectivity index (χ1n) is 9.19. The number of sulfonamides is 1. The van der Waals surface area contributed by atoms with E-state index < -0.39 is 10.0 Å². The minimum absolute atomic E-state index is 0.129. The van der Waals surface area contributed by atoms with Gasteiger partial charge in [-0.2, -0.15) is 0 Å². The van der Waals surface area contributed by atoms with Crippen LogP contribution in [0.3, 0.4) is 0 Å². The monoisotopic (exact) mass is 404 g/mol. The number of carbonyl (C=O) groups excluding carboxylic acids is 1. The molecule has 2 aromatic rings. The zero-order chi connectivity index (χ0) is 20.7. The summed E-state index contributed by atoms with van der Waals surface area (Å²) in [6.07, 6.45) is 1.83. The highest BCUT2D eigenvalue weighted by atomic mass is 32.2. The Morgan fingerprint density at radius 3 is 2.39 bits per heavy atom. The molecule has 28 heavy (non-hydrogen) atoms. The highest BCUT2D eigenvalue weighted by Gasteiger charge is 2.18. The molecule has 7 heteroatoms. The van der Waals surface area contributed by atoms with Gasteiger partial charge in [-0.25, -0.2) is 8.42 Å². The van der Waals surface area contributed by atoms with E-state index in [1.165, 1.54) is 10.6 Å². The molecule has 1 unspecified atom stereocenters. The van der Waals surface area contributed by atoms with Crippen molar-refractivity contribution in [3.8, 4) is 5.75 Å². The number of anilines is 1. The molecule has 0 aliphatic rings. The Kier molecular flexibility index (Phi) is 7.45. The van der Waals surface area contributed by atoms with E-state index in [0.717, 1.165) is 16.9 Å². The third kappa shape index (κ3) is 5.99. The van der Waals surface area contributed by atoms with Crippen LogP contribution in [0.5, 0.6) is 5.75 Å². The predicted molar refractivity (Wildman–Crippen MR) is 112 cm³/mol. The van der Waals surface area contributed by atoms with Crippen LogP contribution >= 0.6 is 0 Å². The summed E-state index contributed by atoms with van der Waals surface area (Å²) >= 11 is 0. The van der Waals surface area contributed by atoms with E-state index in [2.05, 4.69) is 5.32 Å². The van der Waals surface area contributed by atoms with E-state index >= 15 is 0 Å². The van der Waals surface area contributed by atoms with Crippen molar-refractivity contribution < 1.29 is 17.9 Å². The van der Waals surface area contributed by atoms with Crippen LogP contribution in [0.25, 0.3) is 0 Å². The normalized spacial score (nSPS) is 12.3. The van der Waals surface area contributed by atoms with Crippen molar-refractivity contribution >= 4 is 21.6 Å². The third-order valence-corrected chi connectivity index (χ3v) is 5.66. The first-order chi connectivity index (χ1) is 13.2. The van der Waals surface area contributed by atoms with Crippen LogP contribution in [-0.4, -0.2) is 34.2 Å². The number of rotatable bonds is 9. The second-order valence-corrected chi connectivity index (χ2v) is 8.71. The van der Waals surface area contributed by atoms with Gasteiger partial charge in [0.1, 0.15) is 5.75 Å². The van der Waals surface area contributed by atoms with E-state index in [4.69, 9.17) is 4.74 Å². The van der Waals surface area contributed by atoms with Gasteiger partial charge < -0.3 is 10.1 Å². The molecule has 0 saturated heterocycles. The topological polar surface area (TPSA) is 75.7 Å². The lowest BCUT2D eigenvalue weighted by molar-refractivity contribution is -0.121. The van der Waals surface area contributed by atoms with Gasteiger partial charge in [-0.3, -0.25) is 9.10 Å². The van der Waals surface area contributed by atoms with Gasteiger partial charge in [0.25, 0.3) is 0 Å². The van der Waals surface area contributed by atoms with E-state index in [0.29, 0.717) is 12.1 Å². The van der Waals surface area contributed by atoms with Crippen LogP contribution < -0.4 is 14.4 Å². The first-order valence-corrected chi connectivity index (χ1v) is 11.0. The van der Waals surface area contributed by atoms with Gasteiger partial charge in [0.15, 0.2) is 0 Å². The van der Waals surface area contributed by atoms with Crippen molar-refractivity contribution in [1.29, 1.82) is 0 Å². The molecule has 0 aromatic heterocycles. The van der Waals surface area contributed by atoms with Crippen molar-refractivity contribution in [2.45, 2.75) is 32.7 Å². The molecule has 6 nitrogen and oxygen atoms in total. The summed E-state index contributed by atoms with van der Waals surface area (Å²) in [6.45, 7) is 4.09. The molecular weight excluding hydrogens is 376 g/mol. The molecule has 0 bridgehead atoms. The summed E-state index contributed by atoms with van der Waals surface area (Å²) in [6, 6.07) is 14.6. The smallest absolute Gasteiger partial charge is 0.232 e. The number of hydrogen-bond donors (Lipinski definition) is 1. The molecule has 1 atom stereocenters. The number of carbonyl (C=O) groups is 1. The highest BCUT2D eigenvalue weighted by molar-refractivity contribution is 7.92. The lowest BCUT2D eigenvalue weighted by atomic mass is 10.1. The van der Waals surface area contributed by atoms with E-state index in [9.17, 15) is 13.2 Å². The number of aryl methyl sites for hydroxylation is 1. The van der Waals surface area contributed by atoms with Gasteiger partial charge in [-0.1, -0.05) is 35.9 Å². The SMILES string of the molecule is COc1ccccc1C(C)NC(=O)CCCN(c1ccc(C)cc1)S(C)(=O)=O. The average molecular weight is 405 g/mol. The van der Waals surface area contributed by atoms with Crippen LogP contribution in [0.4, 0.5) is 5.69 Å². The molecular formula is C21H28N2O4S. The molecule has 0 fully saturated rings. The maximum absolute atomic E-state index is 12.3. The predicted octanol–water partition coefficient (Wildman–Crippen LogP) is 3.43. The molecule has 0 saturated carbocycles. The standard InChI is InChI=1S/C21H28N2O4S/c1-16-11-13-18(14-12-16)23(28(4,25)26)15-7-10-21(24)22-17(2)19-8-5-6-9-20(19)27-3/h5-6,8-9,11-14,17H,7,10,15H2,1-4H3,(H,22,24).